The van der Waals surface area contributed by atoms with E-state index in [0.717, 1.165) is 16.0 Å². The van der Waals surface area contributed by atoms with Crippen LogP contribution in [-0.2, 0) is 4.74 Å². The Morgan fingerprint density at radius 2 is 2.13 bits per heavy atom. The molecule has 0 saturated heterocycles. The highest BCUT2D eigenvalue weighted by atomic mass is 79.9. The van der Waals surface area contributed by atoms with Gasteiger partial charge in [0.1, 0.15) is 24.8 Å². The Morgan fingerprint density at radius 1 is 1.26 bits per heavy atom. The summed E-state index contributed by atoms with van der Waals surface area (Å²) in [5.74, 6) is 1.13. The smallest absolute Gasteiger partial charge is 0.339 e. The van der Waals surface area contributed by atoms with Crippen molar-refractivity contribution in [1.29, 1.82) is 0 Å². The number of hydrogen-bond donors (Lipinski definition) is 1. The molecule has 0 unspecified atom stereocenters. The van der Waals surface area contributed by atoms with Crippen molar-refractivity contribution in [1.82, 2.24) is 4.98 Å². The Labute approximate surface area is 143 Å². The number of esters is 1. The number of aromatic nitrogens is 1. The topological polar surface area (TPSA) is 60.5 Å². The van der Waals surface area contributed by atoms with Gasteiger partial charge in [0.2, 0.25) is 0 Å². The fraction of sp³-hybridized carbons (Fsp3) is 0.294. The van der Waals surface area contributed by atoms with Crippen molar-refractivity contribution in [2.75, 3.05) is 18.5 Å². The maximum absolute atomic E-state index is 11.9. The summed E-state index contributed by atoms with van der Waals surface area (Å²) in [5.41, 5.74) is 0.439. The van der Waals surface area contributed by atoms with E-state index in [-0.39, 0.29) is 6.61 Å². The zero-order valence-electron chi connectivity index (χ0n) is 12.5. The number of pyridine rings is 1. The first-order valence-corrected chi connectivity index (χ1v) is 8.28. The van der Waals surface area contributed by atoms with Gasteiger partial charge in [-0.05, 0) is 43.2 Å². The summed E-state index contributed by atoms with van der Waals surface area (Å²) in [7, 11) is 0. The van der Waals surface area contributed by atoms with Crippen molar-refractivity contribution in [3.8, 4) is 5.75 Å². The number of anilines is 1. The van der Waals surface area contributed by atoms with E-state index in [2.05, 4.69) is 26.2 Å². The van der Waals surface area contributed by atoms with Crippen LogP contribution in [0.4, 0.5) is 5.82 Å². The highest BCUT2D eigenvalue weighted by Crippen LogP contribution is 2.23. The molecule has 5 nitrogen and oxygen atoms in total. The second kappa shape index (κ2) is 7.46. The lowest BCUT2D eigenvalue weighted by Crippen LogP contribution is -2.13. The number of hydrogen-bond acceptors (Lipinski definition) is 5. The molecule has 0 aliphatic heterocycles. The lowest BCUT2D eigenvalue weighted by Gasteiger charge is -2.08. The van der Waals surface area contributed by atoms with Gasteiger partial charge in [-0.3, -0.25) is 0 Å². The van der Waals surface area contributed by atoms with Gasteiger partial charge in [-0.1, -0.05) is 22.0 Å². The average molecular weight is 377 g/mol. The van der Waals surface area contributed by atoms with E-state index in [1.807, 2.05) is 24.3 Å². The first-order valence-electron chi connectivity index (χ1n) is 7.49. The number of carbonyl (C=O) groups is 1. The average Bonchev–Trinajstić information content (AvgIpc) is 3.36. The monoisotopic (exact) mass is 376 g/mol. The summed E-state index contributed by atoms with van der Waals surface area (Å²) < 4.78 is 11.6. The molecular formula is C17H17BrN2O3. The van der Waals surface area contributed by atoms with Crippen LogP contribution in [0, 0.1) is 0 Å². The number of nitrogens with one attached hydrogen (secondary N) is 1. The van der Waals surface area contributed by atoms with Crippen LogP contribution in [0.15, 0.2) is 47.1 Å². The SMILES string of the molecule is O=C(OCCOc1cccc(Br)c1)c1ccc(NC2CC2)nc1. The molecule has 120 valence electrons. The maximum Gasteiger partial charge on any atom is 0.339 e. The molecule has 3 rings (SSSR count). The minimum atomic E-state index is -0.395. The minimum absolute atomic E-state index is 0.188. The fourth-order valence-electron chi connectivity index (χ4n) is 1.97. The molecular weight excluding hydrogens is 360 g/mol. The van der Waals surface area contributed by atoms with Crippen LogP contribution >= 0.6 is 15.9 Å². The van der Waals surface area contributed by atoms with Gasteiger partial charge in [-0.15, -0.1) is 0 Å². The zero-order valence-corrected chi connectivity index (χ0v) is 14.1. The van der Waals surface area contributed by atoms with E-state index < -0.39 is 5.97 Å². The highest BCUT2D eigenvalue weighted by Gasteiger charge is 2.21. The van der Waals surface area contributed by atoms with Crippen molar-refractivity contribution >= 4 is 27.7 Å². The minimum Gasteiger partial charge on any atom is -0.490 e. The molecule has 0 atom stereocenters. The molecule has 6 heteroatoms. The zero-order chi connectivity index (χ0) is 16.1. The predicted molar refractivity (Wildman–Crippen MR) is 90.8 cm³/mol. The van der Waals surface area contributed by atoms with Crippen LogP contribution in [-0.4, -0.2) is 30.2 Å². The fourth-order valence-corrected chi connectivity index (χ4v) is 2.35. The highest BCUT2D eigenvalue weighted by molar-refractivity contribution is 9.10. The molecule has 0 amide bonds. The molecule has 1 saturated carbocycles. The Balaban J connectivity index is 1.41. The van der Waals surface area contributed by atoms with Gasteiger partial charge in [0.25, 0.3) is 0 Å². The molecule has 1 aromatic heterocycles. The van der Waals surface area contributed by atoms with Crippen LogP contribution in [0.5, 0.6) is 5.75 Å². The largest absolute Gasteiger partial charge is 0.490 e. The van der Waals surface area contributed by atoms with Crippen molar-refractivity contribution < 1.29 is 14.3 Å². The first-order chi connectivity index (χ1) is 11.2. The van der Waals surface area contributed by atoms with Gasteiger partial charge >= 0.3 is 5.97 Å². The van der Waals surface area contributed by atoms with Gasteiger partial charge in [0, 0.05) is 16.7 Å². The van der Waals surface area contributed by atoms with E-state index in [4.69, 9.17) is 9.47 Å². The third-order valence-electron chi connectivity index (χ3n) is 3.31. The summed E-state index contributed by atoms with van der Waals surface area (Å²) in [5, 5.41) is 3.27. The summed E-state index contributed by atoms with van der Waals surface area (Å²) >= 11 is 3.37. The number of benzene rings is 1. The number of nitrogens with zero attached hydrogens (tertiary/aromatic N) is 1. The molecule has 1 aromatic carbocycles. The Kier molecular flexibility index (Phi) is 5.12. The van der Waals surface area contributed by atoms with Crippen molar-refractivity contribution in [2.24, 2.45) is 0 Å². The lowest BCUT2D eigenvalue weighted by molar-refractivity contribution is 0.0450. The summed E-state index contributed by atoms with van der Waals surface area (Å²) in [6.45, 7) is 0.490. The second-order valence-electron chi connectivity index (χ2n) is 5.29. The molecule has 1 fully saturated rings. The van der Waals surface area contributed by atoms with Crippen molar-refractivity contribution in [3.05, 3.63) is 52.6 Å². The standard InChI is InChI=1S/C17H17BrN2O3/c18-13-2-1-3-15(10-13)22-8-9-23-17(21)12-4-7-16(19-11-12)20-14-5-6-14/h1-4,7,10-11,14H,5-6,8-9H2,(H,19,20). The maximum atomic E-state index is 11.9. The Morgan fingerprint density at radius 3 is 2.83 bits per heavy atom. The normalized spacial score (nSPS) is 13.4. The molecule has 23 heavy (non-hydrogen) atoms. The molecule has 1 heterocycles. The van der Waals surface area contributed by atoms with Crippen LogP contribution in [0.3, 0.4) is 0 Å². The first kappa shape index (κ1) is 15.8. The van der Waals surface area contributed by atoms with Gasteiger partial charge in [0.15, 0.2) is 0 Å². The van der Waals surface area contributed by atoms with Crippen LogP contribution in [0.25, 0.3) is 0 Å². The van der Waals surface area contributed by atoms with E-state index in [1.54, 1.807) is 12.1 Å². The third kappa shape index (κ3) is 4.96. The lowest BCUT2D eigenvalue weighted by atomic mass is 10.3. The van der Waals surface area contributed by atoms with Crippen LogP contribution < -0.4 is 10.1 Å². The van der Waals surface area contributed by atoms with Gasteiger partial charge < -0.3 is 14.8 Å². The second-order valence-corrected chi connectivity index (χ2v) is 6.21. The molecule has 0 radical (unpaired) electrons. The number of carbonyl (C=O) groups excluding carboxylic acids is 1. The van der Waals surface area contributed by atoms with E-state index in [1.165, 1.54) is 19.0 Å². The summed E-state index contributed by atoms with van der Waals surface area (Å²) in [6, 6.07) is 11.6. The molecule has 1 N–H and O–H groups in total. The Bertz CT molecular complexity index is 672. The summed E-state index contributed by atoms with van der Waals surface area (Å²) in [4.78, 5) is 16.1. The van der Waals surface area contributed by atoms with Crippen molar-refractivity contribution in [2.45, 2.75) is 18.9 Å². The van der Waals surface area contributed by atoms with Crippen LogP contribution in [0.2, 0.25) is 0 Å². The molecule has 1 aliphatic rings. The summed E-state index contributed by atoms with van der Waals surface area (Å²) in [6.07, 6.45) is 3.90. The predicted octanol–water partition coefficient (Wildman–Crippen LogP) is 3.65. The Hall–Kier alpha value is -2.08. The molecule has 1 aliphatic carbocycles. The third-order valence-corrected chi connectivity index (χ3v) is 3.80. The van der Waals surface area contributed by atoms with Gasteiger partial charge in [-0.2, -0.15) is 0 Å². The van der Waals surface area contributed by atoms with E-state index >= 15 is 0 Å². The number of ether oxygens (including phenoxy) is 2. The van der Waals surface area contributed by atoms with E-state index in [9.17, 15) is 4.79 Å². The van der Waals surface area contributed by atoms with Crippen LogP contribution in [0.1, 0.15) is 23.2 Å². The quantitative estimate of drug-likeness (QED) is 0.590. The van der Waals surface area contributed by atoms with Gasteiger partial charge in [0.05, 0.1) is 5.56 Å². The van der Waals surface area contributed by atoms with E-state index in [0.29, 0.717) is 18.2 Å². The van der Waals surface area contributed by atoms with Gasteiger partial charge in [-0.25, -0.2) is 9.78 Å². The number of rotatable bonds is 7. The number of halogens is 1. The van der Waals surface area contributed by atoms with Crippen molar-refractivity contribution in [3.63, 3.8) is 0 Å². The molecule has 0 bridgehead atoms. The molecule has 0 spiro atoms. The molecule has 2 aromatic rings.